The topological polar surface area (TPSA) is 78.5 Å². The van der Waals surface area contributed by atoms with Gasteiger partial charge in [0.05, 0.1) is 12.6 Å². The Morgan fingerprint density at radius 1 is 1.67 bits per heavy atom. The maximum atomic E-state index is 12.2. The van der Waals surface area contributed by atoms with Gasteiger partial charge < -0.3 is 14.7 Å². The summed E-state index contributed by atoms with van der Waals surface area (Å²) in [7, 11) is 0. The first kappa shape index (κ1) is 11.7. The van der Waals surface area contributed by atoms with Gasteiger partial charge in [-0.1, -0.05) is 0 Å². The molecule has 0 bridgehead atoms. The molecule has 0 aromatic carbocycles. The first-order valence-electron chi connectivity index (χ1n) is 6.32. The van der Waals surface area contributed by atoms with Crippen molar-refractivity contribution in [3.05, 3.63) is 18.0 Å². The number of H-pyrrole nitrogens is 1. The van der Waals surface area contributed by atoms with Crippen LogP contribution in [0.4, 0.5) is 0 Å². The summed E-state index contributed by atoms with van der Waals surface area (Å²) in [6.07, 6.45) is 3.43. The van der Waals surface area contributed by atoms with Crippen LogP contribution < -0.4 is 0 Å². The van der Waals surface area contributed by atoms with Crippen molar-refractivity contribution < 1.29 is 14.6 Å². The lowest BCUT2D eigenvalue weighted by atomic mass is 9.87. The van der Waals surface area contributed by atoms with E-state index < -0.39 is 11.7 Å². The van der Waals surface area contributed by atoms with E-state index in [1.165, 1.54) is 0 Å². The molecule has 0 aliphatic carbocycles. The fourth-order valence-electron chi connectivity index (χ4n) is 2.87. The van der Waals surface area contributed by atoms with E-state index in [9.17, 15) is 9.90 Å². The largest absolute Gasteiger partial charge is 0.390 e. The van der Waals surface area contributed by atoms with Gasteiger partial charge in [-0.15, -0.1) is 0 Å². The molecule has 2 N–H and O–H groups in total. The van der Waals surface area contributed by atoms with Crippen LogP contribution in [0.5, 0.6) is 0 Å². The summed E-state index contributed by atoms with van der Waals surface area (Å²) in [4.78, 5) is 14.0. The number of carbonyl (C=O) groups is 1. The Hall–Kier alpha value is -1.40. The Kier molecular flexibility index (Phi) is 2.83. The van der Waals surface area contributed by atoms with E-state index in [4.69, 9.17) is 4.74 Å². The third kappa shape index (κ3) is 1.81. The number of likely N-dealkylation sites (tertiary alicyclic amines) is 1. The molecule has 18 heavy (non-hydrogen) atoms. The van der Waals surface area contributed by atoms with Crippen LogP contribution in [0.2, 0.25) is 0 Å². The number of hydrogen-bond donors (Lipinski definition) is 2. The normalized spacial score (nSPS) is 32.1. The van der Waals surface area contributed by atoms with Gasteiger partial charge in [0.1, 0.15) is 11.3 Å². The zero-order chi connectivity index (χ0) is 12.6. The van der Waals surface area contributed by atoms with E-state index in [1.807, 2.05) is 0 Å². The van der Waals surface area contributed by atoms with E-state index in [-0.39, 0.29) is 5.91 Å². The molecular formula is C12H17N3O3. The van der Waals surface area contributed by atoms with Crippen molar-refractivity contribution in [2.75, 3.05) is 19.7 Å². The van der Waals surface area contributed by atoms with Crippen LogP contribution in [0.15, 0.2) is 12.3 Å². The van der Waals surface area contributed by atoms with Crippen molar-refractivity contribution >= 4 is 5.91 Å². The fourth-order valence-corrected chi connectivity index (χ4v) is 2.87. The summed E-state index contributed by atoms with van der Waals surface area (Å²) in [5, 5.41) is 16.6. The van der Waals surface area contributed by atoms with Crippen molar-refractivity contribution in [3.8, 4) is 0 Å². The highest BCUT2D eigenvalue weighted by molar-refractivity contribution is 5.92. The molecule has 6 heteroatoms. The first-order chi connectivity index (χ1) is 8.71. The molecule has 98 valence electrons. The van der Waals surface area contributed by atoms with Gasteiger partial charge in [0.15, 0.2) is 0 Å². The number of rotatable bonds is 1. The highest BCUT2D eigenvalue weighted by Crippen LogP contribution is 2.35. The van der Waals surface area contributed by atoms with E-state index >= 15 is 0 Å². The molecule has 2 aliphatic heterocycles. The van der Waals surface area contributed by atoms with E-state index in [1.54, 1.807) is 17.2 Å². The van der Waals surface area contributed by atoms with Crippen LogP contribution in [0.25, 0.3) is 0 Å². The smallest absolute Gasteiger partial charge is 0.271 e. The lowest BCUT2D eigenvalue weighted by Crippen LogP contribution is -2.57. The fraction of sp³-hybridized carbons (Fsp3) is 0.667. The quantitative estimate of drug-likeness (QED) is 0.745. The molecule has 0 radical (unpaired) electrons. The number of amides is 1. The molecule has 2 atom stereocenters. The lowest BCUT2D eigenvalue weighted by Gasteiger charge is -2.43. The average molecular weight is 251 g/mol. The highest BCUT2D eigenvalue weighted by Gasteiger charge is 2.47. The molecule has 1 aromatic heterocycles. The average Bonchev–Trinajstić information content (AvgIpc) is 3.04. The predicted octanol–water partition coefficient (Wildman–Crippen LogP) is 0.166. The standard InChI is InChI=1S/C12H17N3O3/c16-10-3-6-15(8-12(10)4-1-7-18-12)11(17)9-2-5-13-14-9/h2,5,10,16H,1,3-4,6-8H2,(H,13,14)/t10-,12-/m0/s1. The van der Waals surface area contributed by atoms with Crippen molar-refractivity contribution in [1.82, 2.24) is 15.1 Å². The third-order valence-electron chi connectivity index (χ3n) is 3.89. The molecule has 2 aliphatic rings. The van der Waals surface area contributed by atoms with Gasteiger partial charge in [-0.25, -0.2) is 0 Å². The Morgan fingerprint density at radius 3 is 3.22 bits per heavy atom. The summed E-state index contributed by atoms with van der Waals surface area (Å²) in [6.45, 7) is 1.69. The summed E-state index contributed by atoms with van der Waals surface area (Å²) in [5.74, 6) is -0.0747. The summed E-state index contributed by atoms with van der Waals surface area (Å²) >= 11 is 0. The number of nitrogens with one attached hydrogen (secondary N) is 1. The monoisotopic (exact) mass is 251 g/mol. The van der Waals surface area contributed by atoms with Crippen molar-refractivity contribution in [2.24, 2.45) is 0 Å². The second kappa shape index (κ2) is 4.37. The van der Waals surface area contributed by atoms with Gasteiger partial charge in [-0.05, 0) is 25.3 Å². The summed E-state index contributed by atoms with van der Waals surface area (Å²) in [5.41, 5.74) is -0.0620. The number of ether oxygens (including phenoxy) is 1. The van der Waals surface area contributed by atoms with Crippen LogP contribution in [0.3, 0.4) is 0 Å². The van der Waals surface area contributed by atoms with Crippen molar-refractivity contribution in [1.29, 1.82) is 0 Å². The number of aliphatic hydroxyl groups is 1. The van der Waals surface area contributed by atoms with E-state index in [0.29, 0.717) is 31.8 Å². The molecule has 2 saturated heterocycles. The van der Waals surface area contributed by atoms with Crippen molar-refractivity contribution in [3.63, 3.8) is 0 Å². The molecule has 3 rings (SSSR count). The zero-order valence-corrected chi connectivity index (χ0v) is 10.1. The predicted molar refractivity (Wildman–Crippen MR) is 63.0 cm³/mol. The van der Waals surface area contributed by atoms with E-state index in [2.05, 4.69) is 10.2 Å². The summed E-state index contributed by atoms with van der Waals surface area (Å²) in [6, 6.07) is 1.66. The van der Waals surface area contributed by atoms with Crippen LogP contribution in [0, 0.1) is 0 Å². The number of carbonyl (C=O) groups excluding carboxylic acids is 1. The first-order valence-corrected chi connectivity index (χ1v) is 6.32. The number of aliphatic hydroxyl groups excluding tert-OH is 1. The maximum absolute atomic E-state index is 12.2. The minimum absolute atomic E-state index is 0.0747. The molecule has 3 heterocycles. The van der Waals surface area contributed by atoms with Gasteiger partial charge in [-0.2, -0.15) is 5.10 Å². The minimum Gasteiger partial charge on any atom is -0.390 e. The Balaban J connectivity index is 1.77. The molecule has 1 spiro atoms. The van der Waals surface area contributed by atoms with E-state index in [0.717, 1.165) is 12.8 Å². The third-order valence-corrected chi connectivity index (χ3v) is 3.89. The minimum atomic E-state index is -0.548. The van der Waals surface area contributed by atoms with Gasteiger partial charge >= 0.3 is 0 Å². The zero-order valence-electron chi connectivity index (χ0n) is 10.1. The Morgan fingerprint density at radius 2 is 2.56 bits per heavy atom. The Labute approximate surface area is 105 Å². The number of piperidine rings is 1. The second-order valence-corrected chi connectivity index (χ2v) is 5.02. The number of nitrogens with zero attached hydrogens (tertiary/aromatic N) is 2. The van der Waals surface area contributed by atoms with Gasteiger partial charge in [0.2, 0.25) is 0 Å². The molecular weight excluding hydrogens is 234 g/mol. The molecule has 0 unspecified atom stereocenters. The molecule has 0 saturated carbocycles. The van der Waals surface area contributed by atoms with Crippen LogP contribution in [-0.2, 0) is 4.74 Å². The van der Waals surface area contributed by atoms with Gasteiger partial charge in [0, 0.05) is 19.3 Å². The number of aromatic nitrogens is 2. The Bertz CT molecular complexity index is 426. The molecule has 6 nitrogen and oxygen atoms in total. The SMILES string of the molecule is O=C(c1ccn[nH]1)N1CC[C@H](O)[C@]2(CCCO2)C1. The van der Waals surface area contributed by atoms with Gasteiger partial charge in [0.25, 0.3) is 5.91 Å². The number of hydrogen-bond acceptors (Lipinski definition) is 4. The molecule has 1 aromatic rings. The van der Waals surface area contributed by atoms with Crippen LogP contribution >= 0.6 is 0 Å². The van der Waals surface area contributed by atoms with Crippen molar-refractivity contribution in [2.45, 2.75) is 31.0 Å². The van der Waals surface area contributed by atoms with Crippen LogP contribution in [-0.4, -0.2) is 57.5 Å². The second-order valence-electron chi connectivity index (χ2n) is 5.02. The highest BCUT2D eigenvalue weighted by atomic mass is 16.5. The maximum Gasteiger partial charge on any atom is 0.271 e. The summed E-state index contributed by atoms with van der Waals surface area (Å²) < 4.78 is 5.72. The lowest BCUT2D eigenvalue weighted by molar-refractivity contribution is -0.124. The number of aromatic amines is 1. The van der Waals surface area contributed by atoms with Crippen LogP contribution in [0.1, 0.15) is 29.8 Å². The molecule has 1 amide bonds. The molecule has 2 fully saturated rings. The van der Waals surface area contributed by atoms with Gasteiger partial charge in [-0.3, -0.25) is 9.89 Å².